The van der Waals surface area contributed by atoms with Gasteiger partial charge < -0.3 is 9.15 Å². The summed E-state index contributed by atoms with van der Waals surface area (Å²) in [6, 6.07) is 9.43. The SMILES string of the molecule is Cc1ccc(-c2[nH]ncc2CN2CCC(Oc3ccc(C#N)cn3)C2)o1. The van der Waals surface area contributed by atoms with Crippen LogP contribution in [0.15, 0.2) is 41.1 Å². The van der Waals surface area contributed by atoms with E-state index in [9.17, 15) is 0 Å². The molecule has 132 valence electrons. The number of hydrogen-bond acceptors (Lipinski definition) is 6. The second kappa shape index (κ2) is 7.02. The third-order valence-corrected chi connectivity index (χ3v) is 4.48. The number of aromatic amines is 1. The molecule has 1 unspecified atom stereocenters. The molecule has 4 heterocycles. The maximum absolute atomic E-state index is 8.82. The van der Waals surface area contributed by atoms with E-state index >= 15 is 0 Å². The number of rotatable bonds is 5. The van der Waals surface area contributed by atoms with Crippen molar-refractivity contribution in [3.05, 3.63) is 53.5 Å². The van der Waals surface area contributed by atoms with Crippen molar-refractivity contribution in [3.8, 4) is 23.4 Å². The van der Waals surface area contributed by atoms with Gasteiger partial charge in [0, 0.05) is 37.5 Å². The normalized spacial score (nSPS) is 17.3. The molecule has 1 N–H and O–H groups in total. The van der Waals surface area contributed by atoms with Crippen molar-refractivity contribution in [3.63, 3.8) is 0 Å². The Hall–Kier alpha value is -3.11. The van der Waals surface area contributed by atoms with Crippen LogP contribution in [0.3, 0.4) is 0 Å². The van der Waals surface area contributed by atoms with E-state index < -0.39 is 0 Å². The second-order valence-electron chi connectivity index (χ2n) is 6.44. The van der Waals surface area contributed by atoms with Crippen molar-refractivity contribution in [2.24, 2.45) is 0 Å². The van der Waals surface area contributed by atoms with Gasteiger partial charge in [0.25, 0.3) is 0 Å². The highest BCUT2D eigenvalue weighted by atomic mass is 16.5. The Balaban J connectivity index is 1.38. The van der Waals surface area contributed by atoms with Crippen molar-refractivity contribution in [1.82, 2.24) is 20.1 Å². The van der Waals surface area contributed by atoms with Crippen LogP contribution < -0.4 is 4.74 Å². The number of nitrogens with zero attached hydrogens (tertiary/aromatic N) is 4. The summed E-state index contributed by atoms with van der Waals surface area (Å²) >= 11 is 0. The third kappa shape index (κ3) is 3.46. The Morgan fingerprint density at radius 3 is 3.00 bits per heavy atom. The largest absolute Gasteiger partial charge is 0.473 e. The summed E-state index contributed by atoms with van der Waals surface area (Å²) < 4.78 is 11.6. The first-order valence-electron chi connectivity index (χ1n) is 8.55. The van der Waals surface area contributed by atoms with Gasteiger partial charge >= 0.3 is 0 Å². The van der Waals surface area contributed by atoms with Crippen LogP contribution in [0, 0.1) is 18.3 Å². The van der Waals surface area contributed by atoms with Crippen LogP contribution in [0.5, 0.6) is 5.88 Å². The van der Waals surface area contributed by atoms with Crippen molar-refractivity contribution >= 4 is 0 Å². The zero-order chi connectivity index (χ0) is 17.9. The van der Waals surface area contributed by atoms with Crippen LogP contribution in [-0.4, -0.2) is 39.3 Å². The summed E-state index contributed by atoms with van der Waals surface area (Å²) in [4.78, 5) is 6.51. The minimum absolute atomic E-state index is 0.0941. The van der Waals surface area contributed by atoms with Gasteiger partial charge in [-0.1, -0.05) is 0 Å². The minimum Gasteiger partial charge on any atom is -0.473 e. The van der Waals surface area contributed by atoms with E-state index in [1.807, 2.05) is 25.3 Å². The van der Waals surface area contributed by atoms with Gasteiger partial charge in [0.15, 0.2) is 5.76 Å². The van der Waals surface area contributed by atoms with E-state index in [4.69, 9.17) is 14.4 Å². The summed E-state index contributed by atoms with van der Waals surface area (Å²) in [6.45, 7) is 4.48. The lowest BCUT2D eigenvalue weighted by Gasteiger charge is -2.16. The molecule has 1 atom stereocenters. The van der Waals surface area contributed by atoms with Gasteiger partial charge in [0.1, 0.15) is 23.6 Å². The van der Waals surface area contributed by atoms with Gasteiger partial charge in [-0.3, -0.25) is 10.00 Å². The Morgan fingerprint density at radius 2 is 2.27 bits per heavy atom. The van der Waals surface area contributed by atoms with Crippen molar-refractivity contribution in [2.45, 2.75) is 26.0 Å². The standard InChI is InChI=1S/C19H19N5O2/c1-13-2-4-17(25-13)19-15(10-22-23-19)11-24-7-6-16(12-24)26-18-5-3-14(8-20)9-21-18/h2-5,9-10,16H,6-7,11-12H2,1H3,(H,22,23). The van der Waals surface area contributed by atoms with Crippen LogP contribution >= 0.6 is 0 Å². The fourth-order valence-corrected chi connectivity index (χ4v) is 3.18. The Labute approximate surface area is 151 Å². The van der Waals surface area contributed by atoms with Crippen LogP contribution in [-0.2, 0) is 6.54 Å². The number of ether oxygens (including phenoxy) is 1. The van der Waals surface area contributed by atoms with Crippen molar-refractivity contribution in [2.75, 3.05) is 13.1 Å². The molecule has 0 saturated carbocycles. The first kappa shape index (κ1) is 16.4. The molecule has 3 aromatic heterocycles. The highest BCUT2D eigenvalue weighted by Crippen LogP contribution is 2.26. The van der Waals surface area contributed by atoms with Gasteiger partial charge in [0.05, 0.1) is 11.8 Å². The lowest BCUT2D eigenvalue weighted by atomic mass is 10.2. The monoisotopic (exact) mass is 349 g/mol. The summed E-state index contributed by atoms with van der Waals surface area (Å²) in [7, 11) is 0. The first-order chi connectivity index (χ1) is 12.7. The molecular formula is C19H19N5O2. The number of aromatic nitrogens is 3. The lowest BCUT2D eigenvalue weighted by molar-refractivity contribution is 0.191. The number of hydrogen-bond donors (Lipinski definition) is 1. The molecule has 0 aliphatic carbocycles. The number of nitriles is 1. The van der Waals surface area contributed by atoms with Gasteiger partial charge in [-0.05, 0) is 31.5 Å². The number of furan rings is 1. The van der Waals surface area contributed by atoms with E-state index in [1.165, 1.54) is 6.20 Å². The zero-order valence-electron chi connectivity index (χ0n) is 14.5. The molecule has 3 aromatic rings. The highest BCUT2D eigenvalue weighted by molar-refractivity contribution is 5.56. The van der Waals surface area contributed by atoms with E-state index in [0.717, 1.165) is 48.8 Å². The average Bonchev–Trinajstić information content (AvgIpc) is 3.38. The predicted octanol–water partition coefficient (Wildman–Crippen LogP) is 2.90. The summed E-state index contributed by atoms with van der Waals surface area (Å²) in [5.74, 6) is 2.25. The number of pyridine rings is 1. The maximum atomic E-state index is 8.82. The molecule has 0 aromatic carbocycles. The first-order valence-corrected chi connectivity index (χ1v) is 8.55. The van der Waals surface area contributed by atoms with Gasteiger partial charge in [0.2, 0.25) is 5.88 Å². The minimum atomic E-state index is 0.0941. The molecule has 7 heteroatoms. The smallest absolute Gasteiger partial charge is 0.213 e. The number of aryl methyl sites for hydroxylation is 1. The van der Waals surface area contributed by atoms with E-state index in [0.29, 0.717) is 11.4 Å². The fourth-order valence-electron chi connectivity index (χ4n) is 3.18. The van der Waals surface area contributed by atoms with E-state index in [-0.39, 0.29) is 6.10 Å². The molecule has 0 spiro atoms. The van der Waals surface area contributed by atoms with E-state index in [1.54, 1.807) is 12.1 Å². The Morgan fingerprint density at radius 1 is 1.35 bits per heavy atom. The molecule has 0 bridgehead atoms. The van der Waals surface area contributed by atoms with Gasteiger partial charge in [-0.25, -0.2) is 4.98 Å². The van der Waals surface area contributed by atoms with Crippen LogP contribution in [0.25, 0.3) is 11.5 Å². The summed E-state index contributed by atoms with van der Waals surface area (Å²) in [6.07, 6.45) is 4.42. The zero-order valence-corrected chi connectivity index (χ0v) is 14.5. The quantitative estimate of drug-likeness (QED) is 0.761. The molecule has 0 radical (unpaired) electrons. The van der Waals surface area contributed by atoms with Crippen molar-refractivity contribution in [1.29, 1.82) is 5.26 Å². The van der Waals surface area contributed by atoms with Crippen LogP contribution in [0.2, 0.25) is 0 Å². The molecule has 1 fully saturated rings. The van der Waals surface area contributed by atoms with Crippen LogP contribution in [0.1, 0.15) is 23.3 Å². The molecular weight excluding hydrogens is 330 g/mol. The topological polar surface area (TPSA) is 91.0 Å². The Kier molecular flexibility index (Phi) is 4.42. The lowest BCUT2D eigenvalue weighted by Crippen LogP contribution is -2.24. The molecule has 0 amide bonds. The fraction of sp³-hybridized carbons (Fsp3) is 0.316. The van der Waals surface area contributed by atoms with Crippen molar-refractivity contribution < 1.29 is 9.15 Å². The van der Waals surface area contributed by atoms with Gasteiger partial charge in [-0.15, -0.1) is 0 Å². The molecule has 1 saturated heterocycles. The summed E-state index contributed by atoms with van der Waals surface area (Å²) in [5.41, 5.74) is 2.57. The second-order valence-corrected chi connectivity index (χ2v) is 6.44. The summed E-state index contributed by atoms with van der Waals surface area (Å²) in [5, 5.41) is 16.0. The molecule has 7 nitrogen and oxygen atoms in total. The molecule has 1 aliphatic heterocycles. The predicted molar refractivity (Wildman–Crippen MR) is 94.3 cm³/mol. The molecule has 4 rings (SSSR count). The number of likely N-dealkylation sites (tertiary alicyclic amines) is 1. The van der Waals surface area contributed by atoms with E-state index in [2.05, 4.69) is 26.2 Å². The third-order valence-electron chi connectivity index (χ3n) is 4.48. The van der Waals surface area contributed by atoms with Crippen LogP contribution in [0.4, 0.5) is 0 Å². The Bertz CT molecular complexity index is 922. The number of nitrogens with one attached hydrogen (secondary N) is 1. The average molecular weight is 349 g/mol. The van der Waals surface area contributed by atoms with Gasteiger partial charge in [-0.2, -0.15) is 10.4 Å². The highest BCUT2D eigenvalue weighted by Gasteiger charge is 2.25. The molecule has 1 aliphatic rings. The maximum Gasteiger partial charge on any atom is 0.213 e. The molecule has 26 heavy (non-hydrogen) atoms. The number of H-pyrrole nitrogens is 1.